The third kappa shape index (κ3) is 3.72. The smallest absolute Gasteiger partial charge is 0.125 e. The van der Waals surface area contributed by atoms with Crippen molar-refractivity contribution in [1.82, 2.24) is 0 Å². The van der Waals surface area contributed by atoms with Crippen LogP contribution in [0.15, 0.2) is 46.9 Å². The van der Waals surface area contributed by atoms with Gasteiger partial charge in [0.2, 0.25) is 0 Å². The van der Waals surface area contributed by atoms with Crippen molar-refractivity contribution < 1.29 is 9.13 Å². The molecule has 0 saturated carbocycles. The Bertz CT molecular complexity index is 556. The normalized spacial score (nSPS) is 12.2. The lowest BCUT2D eigenvalue weighted by atomic mass is 10.1. The van der Waals surface area contributed by atoms with Gasteiger partial charge >= 0.3 is 0 Å². The number of hydrogen-bond acceptors (Lipinski definition) is 2. The Morgan fingerprint density at radius 2 is 2.00 bits per heavy atom. The SMILES string of the molecule is COCC(Nc1c(Cl)cc(F)cc1Br)c1ccccc1. The molecule has 1 unspecified atom stereocenters. The molecular weight excluding hydrogens is 345 g/mol. The molecule has 2 rings (SSSR count). The molecule has 0 saturated heterocycles. The largest absolute Gasteiger partial charge is 0.382 e. The second-order valence-corrected chi connectivity index (χ2v) is 5.57. The first-order valence-corrected chi connectivity index (χ1v) is 7.24. The van der Waals surface area contributed by atoms with E-state index in [0.717, 1.165) is 5.56 Å². The molecule has 0 aliphatic carbocycles. The van der Waals surface area contributed by atoms with Crippen molar-refractivity contribution in [3.05, 3.63) is 63.3 Å². The molecule has 5 heteroatoms. The monoisotopic (exact) mass is 357 g/mol. The molecule has 0 aliphatic rings. The lowest BCUT2D eigenvalue weighted by Gasteiger charge is -2.21. The van der Waals surface area contributed by atoms with Crippen molar-refractivity contribution in [3.63, 3.8) is 0 Å². The first kappa shape index (κ1) is 15.3. The number of rotatable bonds is 5. The van der Waals surface area contributed by atoms with Crippen LogP contribution in [0.3, 0.4) is 0 Å². The summed E-state index contributed by atoms with van der Waals surface area (Å²) in [5.41, 5.74) is 1.72. The quantitative estimate of drug-likeness (QED) is 0.808. The van der Waals surface area contributed by atoms with Crippen molar-refractivity contribution >= 4 is 33.2 Å². The molecule has 1 atom stereocenters. The van der Waals surface area contributed by atoms with E-state index in [1.807, 2.05) is 30.3 Å². The Morgan fingerprint density at radius 3 is 2.60 bits per heavy atom. The molecule has 20 heavy (non-hydrogen) atoms. The van der Waals surface area contributed by atoms with Gasteiger partial charge in [-0.15, -0.1) is 0 Å². The molecule has 0 fully saturated rings. The second kappa shape index (κ2) is 7.07. The molecule has 2 aromatic carbocycles. The summed E-state index contributed by atoms with van der Waals surface area (Å²) < 4.78 is 19.1. The molecule has 0 radical (unpaired) electrons. The summed E-state index contributed by atoms with van der Waals surface area (Å²) in [5, 5.41) is 3.62. The van der Waals surface area contributed by atoms with Crippen molar-refractivity contribution in [3.8, 4) is 0 Å². The average molecular weight is 359 g/mol. The zero-order valence-corrected chi connectivity index (χ0v) is 13.2. The molecule has 0 amide bonds. The van der Waals surface area contributed by atoms with Crippen LogP contribution >= 0.6 is 27.5 Å². The number of anilines is 1. The summed E-state index contributed by atoms with van der Waals surface area (Å²) in [4.78, 5) is 0. The molecule has 2 nitrogen and oxygen atoms in total. The van der Waals surface area contributed by atoms with E-state index in [2.05, 4.69) is 21.2 Å². The fourth-order valence-corrected chi connectivity index (χ4v) is 2.85. The van der Waals surface area contributed by atoms with Crippen molar-refractivity contribution in [2.45, 2.75) is 6.04 Å². The van der Waals surface area contributed by atoms with E-state index in [1.54, 1.807) is 7.11 Å². The number of benzene rings is 2. The summed E-state index contributed by atoms with van der Waals surface area (Å²) in [5.74, 6) is -0.379. The maximum atomic E-state index is 13.2. The van der Waals surface area contributed by atoms with Crippen LogP contribution < -0.4 is 5.32 Å². The number of halogens is 3. The van der Waals surface area contributed by atoms with Gasteiger partial charge in [0, 0.05) is 11.6 Å². The highest BCUT2D eigenvalue weighted by molar-refractivity contribution is 9.10. The van der Waals surface area contributed by atoms with Gasteiger partial charge in [-0.3, -0.25) is 0 Å². The summed E-state index contributed by atoms with van der Waals surface area (Å²) in [6.45, 7) is 0.476. The van der Waals surface area contributed by atoms with E-state index in [-0.39, 0.29) is 11.9 Å². The summed E-state index contributed by atoms with van der Waals surface area (Å²) in [6.07, 6.45) is 0. The van der Waals surface area contributed by atoms with Crippen molar-refractivity contribution in [2.75, 3.05) is 19.0 Å². The van der Waals surface area contributed by atoms with Gasteiger partial charge in [-0.25, -0.2) is 4.39 Å². The Labute approximate surface area is 131 Å². The minimum absolute atomic E-state index is 0.0690. The van der Waals surface area contributed by atoms with Gasteiger partial charge in [0.15, 0.2) is 0 Å². The highest BCUT2D eigenvalue weighted by atomic mass is 79.9. The fourth-order valence-electron chi connectivity index (χ4n) is 1.93. The van der Waals surface area contributed by atoms with Crippen molar-refractivity contribution in [1.29, 1.82) is 0 Å². The van der Waals surface area contributed by atoms with Crippen LogP contribution in [0.5, 0.6) is 0 Å². The Balaban J connectivity index is 2.30. The predicted molar refractivity (Wildman–Crippen MR) is 83.8 cm³/mol. The summed E-state index contributed by atoms with van der Waals surface area (Å²) in [7, 11) is 1.64. The number of ether oxygens (including phenoxy) is 1. The van der Waals surface area contributed by atoms with E-state index in [1.165, 1.54) is 12.1 Å². The fraction of sp³-hybridized carbons (Fsp3) is 0.200. The Kier molecular flexibility index (Phi) is 5.40. The van der Waals surface area contributed by atoms with Crippen LogP contribution in [-0.4, -0.2) is 13.7 Å². The standard InChI is InChI=1S/C15H14BrClFNO/c1-20-9-14(10-5-3-2-4-6-10)19-15-12(16)7-11(18)8-13(15)17/h2-8,14,19H,9H2,1H3. The molecule has 0 spiro atoms. The zero-order valence-electron chi connectivity index (χ0n) is 10.9. The van der Waals surface area contributed by atoms with Crippen LogP contribution in [0.1, 0.15) is 11.6 Å². The molecule has 0 bridgehead atoms. The first-order valence-electron chi connectivity index (χ1n) is 6.06. The van der Waals surface area contributed by atoms with E-state index < -0.39 is 0 Å². The van der Waals surface area contributed by atoms with Crippen LogP contribution in [0, 0.1) is 5.82 Å². The van der Waals surface area contributed by atoms with E-state index in [9.17, 15) is 4.39 Å². The lowest BCUT2D eigenvalue weighted by molar-refractivity contribution is 0.186. The lowest BCUT2D eigenvalue weighted by Crippen LogP contribution is -2.16. The molecule has 0 heterocycles. The van der Waals surface area contributed by atoms with Gasteiger partial charge in [0.25, 0.3) is 0 Å². The van der Waals surface area contributed by atoms with Gasteiger partial charge in [-0.1, -0.05) is 41.9 Å². The molecule has 0 aromatic heterocycles. The summed E-state index contributed by atoms with van der Waals surface area (Å²) in [6, 6.07) is 12.5. The second-order valence-electron chi connectivity index (χ2n) is 4.31. The molecule has 106 valence electrons. The number of nitrogens with one attached hydrogen (secondary N) is 1. The summed E-state index contributed by atoms with van der Waals surface area (Å²) >= 11 is 9.42. The predicted octanol–water partition coefficient (Wildman–Crippen LogP) is 5.04. The minimum Gasteiger partial charge on any atom is -0.382 e. The molecule has 2 aromatic rings. The zero-order chi connectivity index (χ0) is 14.5. The van der Waals surface area contributed by atoms with Gasteiger partial charge in [0.1, 0.15) is 5.82 Å². The minimum atomic E-state index is -0.379. The third-order valence-corrected chi connectivity index (χ3v) is 3.78. The van der Waals surface area contributed by atoms with E-state index in [0.29, 0.717) is 21.8 Å². The van der Waals surface area contributed by atoms with Crippen molar-refractivity contribution in [2.24, 2.45) is 0 Å². The number of methoxy groups -OCH3 is 1. The van der Waals surface area contributed by atoms with Gasteiger partial charge in [-0.05, 0) is 33.6 Å². The topological polar surface area (TPSA) is 21.3 Å². The average Bonchev–Trinajstić information content (AvgIpc) is 2.42. The highest BCUT2D eigenvalue weighted by Gasteiger charge is 2.15. The third-order valence-electron chi connectivity index (χ3n) is 2.86. The van der Waals surface area contributed by atoms with Crippen LogP contribution in [0.2, 0.25) is 5.02 Å². The molecule has 0 aliphatic heterocycles. The van der Waals surface area contributed by atoms with Gasteiger partial charge in [0.05, 0.1) is 23.4 Å². The maximum absolute atomic E-state index is 13.2. The van der Waals surface area contributed by atoms with E-state index in [4.69, 9.17) is 16.3 Å². The first-order chi connectivity index (χ1) is 9.61. The van der Waals surface area contributed by atoms with Crippen LogP contribution in [0.4, 0.5) is 10.1 Å². The van der Waals surface area contributed by atoms with Gasteiger partial charge < -0.3 is 10.1 Å². The van der Waals surface area contributed by atoms with E-state index >= 15 is 0 Å². The highest BCUT2D eigenvalue weighted by Crippen LogP contribution is 2.34. The number of hydrogen-bond donors (Lipinski definition) is 1. The Hall–Kier alpha value is -1.10. The van der Waals surface area contributed by atoms with Crippen LogP contribution in [0.25, 0.3) is 0 Å². The van der Waals surface area contributed by atoms with Gasteiger partial charge in [-0.2, -0.15) is 0 Å². The maximum Gasteiger partial charge on any atom is 0.125 e. The Morgan fingerprint density at radius 1 is 1.30 bits per heavy atom. The van der Waals surface area contributed by atoms with Crippen LogP contribution in [-0.2, 0) is 4.74 Å². The molecule has 1 N–H and O–H groups in total. The molecular formula is C15H14BrClFNO.